The van der Waals surface area contributed by atoms with E-state index in [9.17, 15) is 26.8 Å². The molecule has 0 radical (unpaired) electrons. The van der Waals surface area contributed by atoms with Gasteiger partial charge in [0.15, 0.2) is 5.82 Å². The van der Waals surface area contributed by atoms with Gasteiger partial charge in [-0.3, -0.25) is 4.79 Å². The van der Waals surface area contributed by atoms with Gasteiger partial charge in [0, 0.05) is 6.54 Å². The Bertz CT molecular complexity index is 748. The van der Waals surface area contributed by atoms with Crippen LogP contribution in [0.5, 0.6) is 0 Å². The zero-order chi connectivity index (χ0) is 16.7. The maximum absolute atomic E-state index is 14.1. The van der Waals surface area contributed by atoms with Gasteiger partial charge < -0.3 is 10.2 Å². The Balaban J connectivity index is 2.58. The van der Waals surface area contributed by atoms with Crippen LogP contribution in [0.15, 0.2) is 17.0 Å². The number of hydrogen-bond acceptors (Lipinski definition) is 4. The summed E-state index contributed by atoms with van der Waals surface area (Å²) in [4.78, 5) is 20.8. The van der Waals surface area contributed by atoms with Crippen LogP contribution in [0.1, 0.15) is 23.2 Å². The highest BCUT2D eigenvalue weighted by atomic mass is 32.2. The van der Waals surface area contributed by atoms with Crippen molar-refractivity contribution in [3.8, 4) is 0 Å². The van der Waals surface area contributed by atoms with Gasteiger partial charge >= 0.3 is 11.9 Å². The summed E-state index contributed by atoms with van der Waals surface area (Å²) < 4.78 is 52.7. The van der Waals surface area contributed by atoms with Gasteiger partial charge in [0.1, 0.15) is 22.3 Å². The molecule has 2 N–H and O–H groups in total. The molecular formula is C12H11F2NO6S. The van der Waals surface area contributed by atoms with Crippen molar-refractivity contribution in [1.29, 1.82) is 0 Å². The normalized spacial score (nSPS) is 19.3. The molecule has 0 saturated carbocycles. The van der Waals surface area contributed by atoms with E-state index in [4.69, 9.17) is 10.2 Å². The number of benzene rings is 1. The fraction of sp³-hybridized carbons (Fsp3) is 0.333. The molecule has 1 aliphatic rings. The first-order chi connectivity index (χ1) is 10.2. The summed E-state index contributed by atoms with van der Waals surface area (Å²) in [5, 5.41) is 17.8. The molecule has 1 atom stereocenters. The van der Waals surface area contributed by atoms with E-state index in [1.54, 1.807) is 0 Å². The van der Waals surface area contributed by atoms with Crippen molar-refractivity contribution in [2.45, 2.75) is 23.8 Å². The molecule has 1 aromatic carbocycles. The standard InChI is InChI=1S/C12H11F2NO6S/c13-6-3-4-8(10(14)9(6)12(18)19)22(20,21)15-5-1-2-7(15)11(16)17/h3-4,7H,1-2,5H2,(H,16,17)(H,18,19)/t7-/m0/s1. The molecule has 0 amide bonds. The molecule has 10 heteroatoms. The molecule has 22 heavy (non-hydrogen) atoms. The van der Waals surface area contributed by atoms with Crippen molar-refractivity contribution in [2.24, 2.45) is 0 Å². The zero-order valence-corrected chi connectivity index (χ0v) is 11.8. The monoisotopic (exact) mass is 335 g/mol. The van der Waals surface area contributed by atoms with Gasteiger partial charge in [-0.2, -0.15) is 4.31 Å². The van der Waals surface area contributed by atoms with E-state index in [1.165, 1.54) is 0 Å². The van der Waals surface area contributed by atoms with E-state index >= 15 is 0 Å². The Hall–Kier alpha value is -2.07. The number of nitrogens with zero attached hydrogens (tertiary/aromatic N) is 1. The molecule has 0 bridgehead atoms. The first-order valence-corrected chi connectivity index (χ1v) is 7.58. The van der Waals surface area contributed by atoms with Crippen LogP contribution in [0.4, 0.5) is 8.78 Å². The largest absolute Gasteiger partial charge is 0.480 e. The minimum atomic E-state index is -4.59. The molecule has 2 rings (SSSR count). The van der Waals surface area contributed by atoms with Gasteiger partial charge in [-0.1, -0.05) is 0 Å². The van der Waals surface area contributed by atoms with Gasteiger partial charge in [-0.05, 0) is 25.0 Å². The smallest absolute Gasteiger partial charge is 0.341 e. The fourth-order valence-corrected chi connectivity index (χ4v) is 4.05. The van der Waals surface area contributed by atoms with Crippen LogP contribution >= 0.6 is 0 Å². The molecule has 0 aromatic heterocycles. The summed E-state index contributed by atoms with van der Waals surface area (Å²) in [5.41, 5.74) is -1.40. The lowest BCUT2D eigenvalue weighted by atomic mass is 10.2. The Kier molecular flexibility index (Phi) is 4.16. The number of rotatable bonds is 4. The first-order valence-electron chi connectivity index (χ1n) is 6.14. The second-order valence-electron chi connectivity index (χ2n) is 4.65. The van der Waals surface area contributed by atoms with E-state index < -0.39 is 50.1 Å². The number of carbonyl (C=O) groups is 2. The lowest BCUT2D eigenvalue weighted by Gasteiger charge is -2.21. The summed E-state index contributed by atoms with van der Waals surface area (Å²) in [7, 11) is -4.59. The number of carboxylic acids is 2. The van der Waals surface area contributed by atoms with Crippen LogP contribution in [0.25, 0.3) is 0 Å². The average Bonchev–Trinajstić information content (AvgIpc) is 2.87. The second-order valence-corrected chi connectivity index (χ2v) is 6.51. The minimum absolute atomic E-state index is 0.0587. The number of hydrogen-bond donors (Lipinski definition) is 2. The van der Waals surface area contributed by atoms with Crippen LogP contribution in [-0.4, -0.2) is 47.5 Å². The van der Waals surface area contributed by atoms with E-state index in [-0.39, 0.29) is 19.4 Å². The van der Waals surface area contributed by atoms with Crippen molar-refractivity contribution in [3.63, 3.8) is 0 Å². The zero-order valence-electron chi connectivity index (χ0n) is 11.0. The second kappa shape index (κ2) is 5.61. The van der Waals surface area contributed by atoms with Gasteiger partial charge in [0.05, 0.1) is 0 Å². The molecule has 0 unspecified atom stereocenters. The predicted molar refractivity (Wildman–Crippen MR) is 67.9 cm³/mol. The Morgan fingerprint density at radius 1 is 1.23 bits per heavy atom. The maximum Gasteiger partial charge on any atom is 0.341 e. The third-order valence-corrected chi connectivity index (χ3v) is 5.27. The fourth-order valence-electron chi connectivity index (χ4n) is 2.33. The van der Waals surface area contributed by atoms with E-state index in [1.807, 2.05) is 0 Å². The predicted octanol–water partition coefficient (Wildman–Crippen LogP) is 0.901. The molecule has 1 aromatic rings. The number of aromatic carboxylic acids is 1. The van der Waals surface area contributed by atoms with Crippen molar-refractivity contribution in [2.75, 3.05) is 6.54 Å². The Labute approximate surface area is 123 Å². The summed E-state index contributed by atoms with van der Waals surface area (Å²) in [6.07, 6.45) is 0.327. The molecule has 1 fully saturated rings. The van der Waals surface area contributed by atoms with Crippen LogP contribution in [0.3, 0.4) is 0 Å². The molecular weight excluding hydrogens is 324 g/mol. The maximum atomic E-state index is 14.1. The summed E-state index contributed by atoms with van der Waals surface area (Å²) in [6, 6.07) is -0.252. The van der Waals surface area contributed by atoms with Crippen LogP contribution < -0.4 is 0 Å². The first kappa shape index (κ1) is 16.3. The SMILES string of the molecule is O=C(O)c1c(F)ccc(S(=O)(=O)N2CCC[C@H]2C(=O)O)c1F. The summed E-state index contributed by atoms with van der Waals surface area (Å²) in [6.45, 7) is -0.140. The molecule has 7 nitrogen and oxygen atoms in total. The van der Waals surface area contributed by atoms with Gasteiger partial charge in [-0.25, -0.2) is 22.0 Å². The van der Waals surface area contributed by atoms with Crippen LogP contribution in [-0.2, 0) is 14.8 Å². The number of halogens is 2. The number of aliphatic carboxylic acids is 1. The molecule has 1 aliphatic heterocycles. The van der Waals surface area contributed by atoms with Crippen LogP contribution in [0.2, 0.25) is 0 Å². The third kappa shape index (κ3) is 2.55. The van der Waals surface area contributed by atoms with Gasteiger partial charge in [0.2, 0.25) is 10.0 Å². The summed E-state index contributed by atoms with van der Waals surface area (Å²) >= 11 is 0. The number of sulfonamides is 1. The van der Waals surface area contributed by atoms with E-state index in [2.05, 4.69) is 0 Å². The lowest BCUT2D eigenvalue weighted by molar-refractivity contribution is -0.140. The highest BCUT2D eigenvalue weighted by Crippen LogP contribution is 2.29. The molecule has 0 spiro atoms. The van der Waals surface area contributed by atoms with Crippen molar-refractivity contribution in [3.05, 3.63) is 29.3 Å². The number of carboxylic acid groups (broad SMARTS) is 2. The van der Waals surface area contributed by atoms with Crippen molar-refractivity contribution in [1.82, 2.24) is 4.31 Å². The molecule has 0 aliphatic carbocycles. The van der Waals surface area contributed by atoms with Crippen LogP contribution in [0, 0.1) is 11.6 Å². The Morgan fingerprint density at radius 2 is 1.86 bits per heavy atom. The summed E-state index contributed by atoms with van der Waals surface area (Å²) in [5.74, 6) is -6.51. The molecule has 1 saturated heterocycles. The third-order valence-electron chi connectivity index (χ3n) is 3.34. The molecule has 1 heterocycles. The van der Waals surface area contributed by atoms with Gasteiger partial charge in [-0.15, -0.1) is 0 Å². The van der Waals surface area contributed by atoms with E-state index in [0.717, 1.165) is 0 Å². The topological polar surface area (TPSA) is 112 Å². The minimum Gasteiger partial charge on any atom is -0.480 e. The highest BCUT2D eigenvalue weighted by Gasteiger charge is 2.41. The quantitative estimate of drug-likeness (QED) is 0.845. The highest BCUT2D eigenvalue weighted by molar-refractivity contribution is 7.89. The Morgan fingerprint density at radius 3 is 2.41 bits per heavy atom. The van der Waals surface area contributed by atoms with E-state index in [0.29, 0.717) is 16.4 Å². The molecule has 120 valence electrons. The average molecular weight is 335 g/mol. The lowest BCUT2D eigenvalue weighted by Crippen LogP contribution is -2.40. The van der Waals surface area contributed by atoms with Gasteiger partial charge in [0.25, 0.3) is 0 Å². The van der Waals surface area contributed by atoms with Crippen molar-refractivity contribution >= 4 is 22.0 Å². The van der Waals surface area contributed by atoms with Crippen molar-refractivity contribution < 1.29 is 37.0 Å².